The highest BCUT2D eigenvalue weighted by Crippen LogP contribution is 2.37. The fourth-order valence-corrected chi connectivity index (χ4v) is 7.60. The average Bonchev–Trinajstić information content (AvgIpc) is 3.13. The Morgan fingerprint density at radius 2 is 1.85 bits per heavy atom. The van der Waals surface area contributed by atoms with Gasteiger partial charge in [0, 0.05) is 35.9 Å². The summed E-state index contributed by atoms with van der Waals surface area (Å²) in [6.07, 6.45) is 12.3. The number of hydrogen-bond donors (Lipinski definition) is 1. The molecule has 0 amide bonds. The van der Waals surface area contributed by atoms with Crippen molar-refractivity contribution >= 4 is 29.3 Å². The summed E-state index contributed by atoms with van der Waals surface area (Å²) < 4.78 is 62.1. The summed E-state index contributed by atoms with van der Waals surface area (Å²) in [5.41, 5.74) is 3.92. The number of carbonyl (C=O) groups is 1. The molecule has 0 saturated heterocycles. The van der Waals surface area contributed by atoms with E-state index in [0.29, 0.717) is 48.4 Å². The van der Waals surface area contributed by atoms with Gasteiger partial charge in [-0.2, -0.15) is 13.2 Å². The third-order valence-electron chi connectivity index (χ3n) is 9.43. The Labute approximate surface area is 312 Å². The van der Waals surface area contributed by atoms with Crippen LogP contribution in [0, 0.1) is 5.82 Å². The number of esters is 1. The molecule has 276 valence electrons. The van der Waals surface area contributed by atoms with Crippen molar-refractivity contribution in [2.75, 3.05) is 19.3 Å². The summed E-state index contributed by atoms with van der Waals surface area (Å²) in [5.74, 6) is -0.576. The molecular weight excluding hydrogens is 710 g/mol. The van der Waals surface area contributed by atoms with Gasteiger partial charge in [0.25, 0.3) is 0 Å². The summed E-state index contributed by atoms with van der Waals surface area (Å²) in [5, 5.41) is 9.26. The number of allylic oxidation sites excluding steroid dienone is 6. The smallest absolute Gasteiger partial charge is 0.417 e. The van der Waals surface area contributed by atoms with Crippen LogP contribution in [0.5, 0.6) is 0 Å². The summed E-state index contributed by atoms with van der Waals surface area (Å²) in [6, 6.07) is 17.6. The van der Waals surface area contributed by atoms with Crippen LogP contribution >= 0.6 is 23.4 Å². The molecule has 3 aromatic carbocycles. The van der Waals surface area contributed by atoms with E-state index < -0.39 is 23.5 Å². The third kappa shape index (κ3) is 11.1. The predicted molar refractivity (Wildman–Crippen MR) is 201 cm³/mol. The number of halogens is 5. The van der Waals surface area contributed by atoms with Gasteiger partial charge in [0.05, 0.1) is 22.8 Å². The third-order valence-corrected chi connectivity index (χ3v) is 10.7. The van der Waals surface area contributed by atoms with Gasteiger partial charge >= 0.3 is 12.1 Å². The van der Waals surface area contributed by atoms with Crippen LogP contribution in [0.4, 0.5) is 17.6 Å². The molecular formula is C42H44ClF4NO3S. The number of thioether (sulfide) groups is 1. The van der Waals surface area contributed by atoms with Crippen LogP contribution in [0.1, 0.15) is 78.7 Å². The van der Waals surface area contributed by atoms with Gasteiger partial charge in [-0.15, -0.1) is 11.8 Å². The molecule has 52 heavy (non-hydrogen) atoms. The first kappa shape index (κ1) is 39.4. The molecule has 2 aliphatic carbocycles. The molecule has 0 heterocycles. The normalized spacial score (nSPS) is 15.2. The molecule has 0 aliphatic heterocycles. The average molecular weight is 754 g/mol. The minimum absolute atomic E-state index is 0.0202. The van der Waals surface area contributed by atoms with Crippen LogP contribution in [0.15, 0.2) is 113 Å². The largest absolute Gasteiger partial charge is 0.512 e. The van der Waals surface area contributed by atoms with Crippen LogP contribution in [-0.4, -0.2) is 35.3 Å². The van der Waals surface area contributed by atoms with E-state index in [0.717, 1.165) is 48.4 Å². The number of rotatable bonds is 16. The number of unbranched alkanes of at least 4 members (excludes halogenated alkanes) is 1. The zero-order chi connectivity index (χ0) is 37.1. The Hall–Kier alpha value is -3.79. The molecule has 1 N–H and O–H groups in total. The van der Waals surface area contributed by atoms with Crippen LogP contribution in [0.3, 0.4) is 0 Å². The molecule has 5 rings (SSSR count). The molecule has 0 aromatic heterocycles. The molecule has 0 spiro atoms. The highest BCUT2D eigenvalue weighted by atomic mass is 35.5. The lowest BCUT2D eigenvalue weighted by atomic mass is 9.87. The maximum Gasteiger partial charge on any atom is 0.417 e. The minimum atomic E-state index is -4.56. The number of alkyl halides is 3. The molecule has 10 heteroatoms. The van der Waals surface area contributed by atoms with Crippen molar-refractivity contribution in [1.29, 1.82) is 0 Å². The number of aryl methyl sites for hydroxylation is 1. The lowest BCUT2D eigenvalue weighted by molar-refractivity contribution is -0.144. The van der Waals surface area contributed by atoms with Gasteiger partial charge in [-0.05, 0) is 97.9 Å². The first-order chi connectivity index (χ1) is 25.0. The van der Waals surface area contributed by atoms with Crippen molar-refractivity contribution in [3.8, 4) is 0 Å². The Balaban J connectivity index is 1.27. The van der Waals surface area contributed by atoms with Crippen LogP contribution in [-0.2, 0) is 35.3 Å². The van der Waals surface area contributed by atoms with Crippen LogP contribution < -0.4 is 0 Å². The van der Waals surface area contributed by atoms with E-state index in [1.165, 1.54) is 29.5 Å². The van der Waals surface area contributed by atoms with Crippen LogP contribution in [0.25, 0.3) is 0 Å². The van der Waals surface area contributed by atoms with E-state index in [9.17, 15) is 23.1 Å². The van der Waals surface area contributed by atoms with Crippen LogP contribution in [0.2, 0.25) is 5.02 Å². The summed E-state index contributed by atoms with van der Waals surface area (Å²) in [4.78, 5) is 15.3. The first-order valence-corrected chi connectivity index (χ1v) is 19.2. The second-order valence-electron chi connectivity index (χ2n) is 13.2. The highest BCUT2D eigenvalue weighted by molar-refractivity contribution is 7.98. The molecule has 1 unspecified atom stereocenters. The Morgan fingerprint density at radius 3 is 2.54 bits per heavy atom. The molecule has 3 aromatic rings. The molecule has 2 aliphatic rings. The Morgan fingerprint density at radius 1 is 1.04 bits per heavy atom. The lowest BCUT2D eigenvalue weighted by Gasteiger charge is -2.30. The van der Waals surface area contributed by atoms with E-state index in [1.807, 2.05) is 30.5 Å². The van der Waals surface area contributed by atoms with Gasteiger partial charge in [-0.1, -0.05) is 83.9 Å². The second-order valence-corrected chi connectivity index (χ2v) is 14.4. The van der Waals surface area contributed by atoms with E-state index in [-0.39, 0.29) is 36.3 Å². The van der Waals surface area contributed by atoms with Gasteiger partial charge in [-0.25, -0.2) is 4.39 Å². The fraction of sp³-hybridized carbons (Fsp3) is 0.357. The predicted octanol–water partition coefficient (Wildman–Crippen LogP) is 11.7. The zero-order valence-corrected chi connectivity index (χ0v) is 30.8. The number of aliphatic hydroxyl groups is 1. The fourth-order valence-electron chi connectivity index (χ4n) is 6.64. The lowest BCUT2D eigenvalue weighted by Crippen LogP contribution is -2.30. The topological polar surface area (TPSA) is 49.8 Å². The molecule has 0 radical (unpaired) electrons. The van der Waals surface area contributed by atoms with Crippen molar-refractivity contribution in [2.24, 2.45) is 0 Å². The minimum Gasteiger partial charge on any atom is -0.512 e. The maximum absolute atomic E-state index is 15.4. The molecule has 4 nitrogen and oxygen atoms in total. The van der Waals surface area contributed by atoms with Crippen molar-refractivity contribution in [3.05, 3.63) is 147 Å². The highest BCUT2D eigenvalue weighted by Gasteiger charge is 2.34. The molecule has 1 atom stereocenters. The SMILES string of the molecule is CSc1cc(CCCCN(Cc2cccc(C(F)(F)F)c2Cl)CC(C2=CCCC=C2)c2ccccc2)cc(F)c1COC(=O)CC1=CC=C(O)CC1. The van der Waals surface area contributed by atoms with Gasteiger partial charge < -0.3 is 9.84 Å². The van der Waals surface area contributed by atoms with E-state index >= 15 is 4.39 Å². The number of nitrogens with zero attached hydrogens (tertiary/aromatic N) is 1. The van der Waals surface area contributed by atoms with E-state index in [4.69, 9.17) is 16.3 Å². The quantitative estimate of drug-likeness (QED) is 0.0683. The van der Waals surface area contributed by atoms with E-state index in [1.54, 1.807) is 18.2 Å². The number of ether oxygens (including phenoxy) is 1. The standard InChI is InChI=1S/C42H44ClF4NO3S/c1-52-39-24-30(23-38(44)36(39)28-51-40(50)25-29-18-20-34(49)21-19-29)11-8-9-22-48(26-33-16-10-17-37(41(33)43)42(45,46)47)27-35(31-12-4-2-5-13-31)32-14-6-3-7-15-32/h2,4-6,10,12-18,20,23-24,35,49H,3,7-9,11,19,21-22,25-28H2,1H3. The molecule has 0 bridgehead atoms. The zero-order valence-electron chi connectivity index (χ0n) is 29.2. The molecule has 0 fully saturated rings. The van der Waals surface area contributed by atoms with Gasteiger partial charge in [0.2, 0.25) is 0 Å². The van der Waals surface area contributed by atoms with Crippen molar-refractivity contribution < 1.29 is 32.2 Å². The summed E-state index contributed by atoms with van der Waals surface area (Å²) in [7, 11) is 0. The van der Waals surface area contributed by atoms with Gasteiger partial charge in [0.1, 0.15) is 12.4 Å². The Kier molecular flexibility index (Phi) is 14.3. The van der Waals surface area contributed by atoms with Gasteiger partial charge in [0.15, 0.2) is 0 Å². The Bertz CT molecular complexity index is 1820. The number of hydrogen-bond acceptors (Lipinski definition) is 5. The molecule has 0 saturated carbocycles. The number of benzene rings is 3. The number of aliphatic hydroxyl groups excluding tert-OH is 1. The monoisotopic (exact) mass is 753 g/mol. The summed E-state index contributed by atoms with van der Waals surface area (Å²) in [6.45, 7) is 1.27. The number of carbonyl (C=O) groups excluding carboxylic acids is 1. The van der Waals surface area contributed by atoms with E-state index in [2.05, 4.69) is 35.3 Å². The maximum atomic E-state index is 15.4. The first-order valence-electron chi connectivity index (χ1n) is 17.6. The van der Waals surface area contributed by atoms with Gasteiger partial charge in [-0.3, -0.25) is 9.69 Å². The van der Waals surface area contributed by atoms with Crippen molar-refractivity contribution in [2.45, 2.75) is 81.5 Å². The second kappa shape index (κ2) is 18.8. The van der Waals surface area contributed by atoms with Crippen molar-refractivity contribution in [1.82, 2.24) is 4.90 Å². The van der Waals surface area contributed by atoms with Crippen molar-refractivity contribution in [3.63, 3.8) is 0 Å². The summed E-state index contributed by atoms with van der Waals surface area (Å²) >= 11 is 7.77.